The van der Waals surface area contributed by atoms with Crippen molar-refractivity contribution in [1.82, 2.24) is 0 Å². The molecule has 1 rings (SSSR count). The van der Waals surface area contributed by atoms with Gasteiger partial charge >= 0.3 is 0 Å². The Hall–Kier alpha value is -0.240. The van der Waals surface area contributed by atoms with Crippen LogP contribution in [0.25, 0.3) is 0 Å². The van der Waals surface area contributed by atoms with Gasteiger partial charge in [-0.25, -0.2) is 0 Å². The molecule has 0 aromatic carbocycles. The largest absolute Gasteiger partial charge is 0.394 e. The molecule has 0 unspecified atom stereocenters. The third kappa shape index (κ3) is 1.98. The van der Waals surface area contributed by atoms with Crippen LogP contribution in [0.15, 0.2) is 0 Å². The lowest BCUT2D eigenvalue weighted by Crippen LogP contribution is -2.41. The van der Waals surface area contributed by atoms with Crippen molar-refractivity contribution in [3.63, 3.8) is 0 Å². The number of ether oxygens (including phenoxy) is 2. The molecule has 4 N–H and O–H groups in total. The molecular weight excluding hydrogens is 180 g/mol. The summed E-state index contributed by atoms with van der Waals surface area (Å²) in [5.74, 6) is 0. The van der Waals surface area contributed by atoms with Gasteiger partial charge in [0.15, 0.2) is 6.29 Å². The Bertz CT molecular complexity index is 163. The normalized spacial score (nSPS) is 42.2. The van der Waals surface area contributed by atoms with Gasteiger partial charge in [0.25, 0.3) is 0 Å². The van der Waals surface area contributed by atoms with E-state index in [0.29, 0.717) is 0 Å². The van der Waals surface area contributed by atoms with Crippen molar-refractivity contribution < 1.29 is 29.9 Å². The second-order valence-corrected chi connectivity index (χ2v) is 2.93. The number of rotatable bonds is 3. The highest BCUT2D eigenvalue weighted by Crippen LogP contribution is 2.23. The van der Waals surface area contributed by atoms with E-state index in [-0.39, 0.29) is 0 Å². The third-order valence-electron chi connectivity index (χ3n) is 2.09. The van der Waals surface area contributed by atoms with E-state index in [1.54, 1.807) is 0 Å². The summed E-state index contributed by atoms with van der Waals surface area (Å²) in [4.78, 5) is 0. The molecule has 0 amide bonds. The van der Waals surface area contributed by atoms with Gasteiger partial charge in [0.2, 0.25) is 0 Å². The Balaban J connectivity index is 2.61. The van der Waals surface area contributed by atoms with Crippen molar-refractivity contribution in [2.75, 3.05) is 13.7 Å². The van der Waals surface area contributed by atoms with Crippen molar-refractivity contribution in [2.45, 2.75) is 30.7 Å². The van der Waals surface area contributed by atoms with Crippen molar-refractivity contribution in [2.24, 2.45) is 0 Å². The molecular formula is C7H14O6. The predicted octanol–water partition coefficient (Wildman–Crippen LogP) is -2.57. The lowest BCUT2D eigenvalue weighted by molar-refractivity contribution is -0.154. The summed E-state index contributed by atoms with van der Waals surface area (Å²) < 4.78 is 9.54. The highest BCUT2D eigenvalue weighted by Gasteiger charge is 2.46. The minimum absolute atomic E-state index is 0.537. The summed E-state index contributed by atoms with van der Waals surface area (Å²) >= 11 is 0. The molecule has 0 radical (unpaired) electrons. The van der Waals surface area contributed by atoms with Gasteiger partial charge < -0.3 is 29.9 Å². The first-order chi connectivity index (χ1) is 6.11. The van der Waals surface area contributed by atoms with E-state index < -0.39 is 37.3 Å². The summed E-state index contributed by atoms with van der Waals surface area (Å²) in [6, 6.07) is 0. The monoisotopic (exact) mass is 194 g/mol. The highest BCUT2D eigenvalue weighted by molar-refractivity contribution is 4.90. The molecule has 1 saturated heterocycles. The quantitative estimate of drug-likeness (QED) is 0.394. The van der Waals surface area contributed by atoms with Crippen LogP contribution < -0.4 is 0 Å². The lowest BCUT2D eigenvalue weighted by atomic mass is 10.1. The maximum Gasteiger partial charge on any atom is 0.184 e. The summed E-state index contributed by atoms with van der Waals surface area (Å²) in [6.45, 7) is -0.537. The van der Waals surface area contributed by atoms with Gasteiger partial charge in [-0.1, -0.05) is 0 Å². The Labute approximate surface area is 75.3 Å². The molecule has 0 spiro atoms. The van der Waals surface area contributed by atoms with Gasteiger partial charge in [-0.2, -0.15) is 0 Å². The maximum absolute atomic E-state index is 9.44. The fourth-order valence-corrected chi connectivity index (χ4v) is 1.35. The van der Waals surface area contributed by atoms with Crippen molar-refractivity contribution in [3.05, 3.63) is 0 Å². The van der Waals surface area contributed by atoms with E-state index in [2.05, 4.69) is 0 Å². The first kappa shape index (κ1) is 10.8. The summed E-state index contributed by atoms with van der Waals surface area (Å²) in [7, 11) is 1.31. The first-order valence-corrected chi connectivity index (χ1v) is 3.95. The zero-order valence-electron chi connectivity index (χ0n) is 7.20. The molecule has 1 aliphatic rings. The maximum atomic E-state index is 9.44. The Kier molecular flexibility index (Phi) is 3.60. The smallest absolute Gasteiger partial charge is 0.184 e. The van der Waals surface area contributed by atoms with E-state index in [0.717, 1.165) is 0 Å². The third-order valence-corrected chi connectivity index (χ3v) is 2.09. The van der Waals surface area contributed by atoms with Crippen LogP contribution >= 0.6 is 0 Å². The summed E-state index contributed by atoms with van der Waals surface area (Å²) in [5.41, 5.74) is 0. The molecule has 6 heteroatoms. The number of aliphatic hydroxyl groups excluding tert-OH is 4. The van der Waals surface area contributed by atoms with Crippen LogP contribution in [0.4, 0.5) is 0 Å². The minimum Gasteiger partial charge on any atom is -0.394 e. The summed E-state index contributed by atoms with van der Waals surface area (Å²) in [5, 5.41) is 36.4. The number of aliphatic hydroxyl groups is 4. The van der Waals surface area contributed by atoms with Crippen molar-refractivity contribution >= 4 is 0 Å². The van der Waals surface area contributed by atoms with Crippen molar-refractivity contribution in [3.8, 4) is 0 Å². The van der Waals surface area contributed by atoms with E-state index >= 15 is 0 Å². The molecule has 13 heavy (non-hydrogen) atoms. The van der Waals surface area contributed by atoms with Crippen LogP contribution in [0.5, 0.6) is 0 Å². The van der Waals surface area contributed by atoms with Crippen LogP contribution in [-0.2, 0) is 9.47 Å². The zero-order chi connectivity index (χ0) is 10.0. The minimum atomic E-state index is -1.27. The average molecular weight is 194 g/mol. The molecule has 1 aliphatic heterocycles. The van der Waals surface area contributed by atoms with Gasteiger partial charge in [0.05, 0.1) is 6.61 Å². The topological polar surface area (TPSA) is 99.4 Å². The van der Waals surface area contributed by atoms with Crippen LogP contribution in [0.3, 0.4) is 0 Å². The van der Waals surface area contributed by atoms with Gasteiger partial charge in [0.1, 0.15) is 24.4 Å². The second-order valence-electron chi connectivity index (χ2n) is 2.93. The molecule has 6 nitrogen and oxygen atoms in total. The summed E-state index contributed by atoms with van der Waals surface area (Å²) in [6.07, 6.45) is -5.52. The lowest BCUT2D eigenvalue weighted by Gasteiger charge is -2.19. The van der Waals surface area contributed by atoms with E-state index in [4.69, 9.17) is 19.7 Å². The molecule has 78 valence electrons. The van der Waals surface area contributed by atoms with E-state index in [1.165, 1.54) is 7.11 Å². The SMILES string of the molecule is CO[C@@H]1[C@@H](O)[C@@H]([C@H](O)CO)O[C@H]1O. The fraction of sp³-hybridized carbons (Fsp3) is 1.00. The highest BCUT2D eigenvalue weighted by atomic mass is 16.7. The van der Waals surface area contributed by atoms with E-state index in [1.807, 2.05) is 0 Å². The van der Waals surface area contributed by atoms with Gasteiger partial charge in [-0.3, -0.25) is 0 Å². The fourth-order valence-electron chi connectivity index (χ4n) is 1.35. The number of methoxy groups -OCH3 is 1. The molecule has 1 heterocycles. The Morgan fingerprint density at radius 2 is 2.08 bits per heavy atom. The predicted molar refractivity (Wildman–Crippen MR) is 40.8 cm³/mol. The van der Waals surface area contributed by atoms with Gasteiger partial charge in [0, 0.05) is 7.11 Å². The van der Waals surface area contributed by atoms with Gasteiger partial charge in [-0.05, 0) is 0 Å². The van der Waals surface area contributed by atoms with Crippen LogP contribution in [0.1, 0.15) is 0 Å². The van der Waals surface area contributed by atoms with Crippen LogP contribution in [0, 0.1) is 0 Å². The molecule has 0 saturated carbocycles. The van der Waals surface area contributed by atoms with E-state index in [9.17, 15) is 10.2 Å². The first-order valence-electron chi connectivity index (χ1n) is 3.95. The number of hydrogen-bond donors (Lipinski definition) is 4. The Morgan fingerprint density at radius 3 is 2.46 bits per heavy atom. The standard InChI is InChI=1S/C7H14O6/c1-12-6-4(10)5(3(9)2-8)13-7(6)11/h3-11H,2H2,1H3/t3-,4+,5-,6-,7-/m1/s1. The molecule has 0 bridgehead atoms. The van der Waals surface area contributed by atoms with Gasteiger partial charge in [-0.15, -0.1) is 0 Å². The molecule has 5 atom stereocenters. The van der Waals surface area contributed by atoms with Crippen LogP contribution in [-0.4, -0.2) is 64.8 Å². The zero-order valence-corrected chi connectivity index (χ0v) is 7.20. The second kappa shape index (κ2) is 4.32. The number of hydrogen-bond acceptors (Lipinski definition) is 6. The Morgan fingerprint density at radius 1 is 1.46 bits per heavy atom. The van der Waals surface area contributed by atoms with Crippen molar-refractivity contribution in [1.29, 1.82) is 0 Å². The molecule has 0 aromatic rings. The van der Waals surface area contributed by atoms with Crippen LogP contribution in [0.2, 0.25) is 0 Å². The molecule has 0 aliphatic carbocycles. The molecule has 0 aromatic heterocycles. The molecule has 1 fully saturated rings. The average Bonchev–Trinajstić information content (AvgIpc) is 2.40.